The average Bonchev–Trinajstić information content (AvgIpc) is 2.99. The molecule has 4 aliphatic rings. The van der Waals surface area contributed by atoms with Crippen molar-refractivity contribution < 1.29 is 44.7 Å². The van der Waals surface area contributed by atoms with Gasteiger partial charge in [-0.25, -0.2) is 0 Å². The summed E-state index contributed by atoms with van der Waals surface area (Å²) in [6.07, 6.45) is 0.0358. The zero-order chi connectivity index (χ0) is 33.3. The molecule has 1 saturated heterocycles. The Labute approximate surface area is 260 Å². The summed E-state index contributed by atoms with van der Waals surface area (Å²) in [7, 11) is 2.89. The van der Waals surface area contributed by atoms with Gasteiger partial charge < -0.3 is 42.3 Å². The first-order valence-electron chi connectivity index (χ1n) is 15.0. The van der Waals surface area contributed by atoms with Gasteiger partial charge in [-0.05, 0) is 77.0 Å². The SMILES string of the molecule is CC1c2ccc(NC(=O)C(C)N3CCC(CN)CC3)c(O)c2C(O)=C2C(=O)[C@]3(O)C(O)=C(C(N)=O)C(=O)[C@@H](N(C)C)C3C(O)C21. The van der Waals surface area contributed by atoms with E-state index in [0.717, 1.165) is 12.8 Å². The van der Waals surface area contributed by atoms with Crippen LogP contribution in [0, 0.1) is 17.8 Å². The summed E-state index contributed by atoms with van der Waals surface area (Å²) in [5, 5.41) is 60.1. The van der Waals surface area contributed by atoms with Crippen molar-refractivity contribution in [2.45, 2.75) is 56.4 Å². The topological polar surface area (TPSA) is 240 Å². The number of likely N-dealkylation sites (tertiary alicyclic amines) is 1. The second kappa shape index (κ2) is 11.5. The Morgan fingerprint density at radius 2 is 1.78 bits per heavy atom. The van der Waals surface area contributed by atoms with Crippen molar-refractivity contribution >= 4 is 34.8 Å². The number of likely N-dealkylation sites (N-methyl/N-ethyl adjacent to an activating group) is 1. The number of nitrogens with two attached hydrogens (primary N) is 2. The number of ketones is 2. The zero-order valence-electron chi connectivity index (χ0n) is 25.6. The number of primary amides is 1. The minimum Gasteiger partial charge on any atom is -0.508 e. The van der Waals surface area contributed by atoms with Crippen LogP contribution in [-0.4, -0.2) is 116 Å². The fourth-order valence-electron chi connectivity index (χ4n) is 7.70. The van der Waals surface area contributed by atoms with E-state index in [-0.39, 0.29) is 11.3 Å². The third-order valence-corrected chi connectivity index (χ3v) is 10.3. The predicted octanol–water partition coefficient (Wildman–Crippen LogP) is -0.506. The van der Waals surface area contributed by atoms with E-state index in [9.17, 15) is 44.7 Å². The van der Waals surface area contributed by atoms with Gasteiger partial charge in [0, 0.05) is 11.5 Å². The molecule has 5 unspecified atom stereocenters. The van der Waals surface area contributed by atoms with Gasteiger partial charge in [0.2, 0.25) is 11.7 Å². The van der Waals surface area contributed by atoms with Crippen LogP contribution in [0.3, 0.4) is 0 Å². The van der Waals surface area contributed by atoms with Gasteiger partial charge in [-0.1, -0.05) is 13.0 Å². The van der Waals surface area contributed by atoms with Gasteiger partial charge in [0.15, 0.2) is 11.4 Å². The molecular formula is C31H41N5O9. The van der Waals surface area contributed by atoms with Gasteiger partial charge in [0.1, 0.15) is 22.8 Å². The lowest BCUT2D eigenvalue weighted by molar-refractivity contribution is -0.169. The lowest BCUT2D eigenvalue weighted by Gasteiger charge is -2.53. The van der Waals surface area contributed by atoms with Gasteiger partial charge in [-0.15, -0.1) is 0 Å². The summed E-state index contributed by atoms with van der Waals surface area (Å²) in [6, 6.07) is 1.04. The number of aliphatic hydroxyl groups is 4. The number of nitrogens with one attached hydrogen (secondary N) is 1. The van der Waals surface area contributed by atoms with Crippen molar-refractivity contribution in [1.82, 2.24) is 9.80 Å². The molecule has 3 aliphatic carbocycles. The first kappa shape index (κ1) is 32.6. The van der Waals surface area contributed by atoms with Gasteiger partial charge >= 0.3 is 0 Å². The molecule has 0 spiro atoms. The van der Waals surface area contributed by atoms with Crippen LogP contribution in [0.25, 0.3) is 5.76 Å². The van der Waals surface area contributed by atoms with Crippen molar-refractivity contribution in [3.8, 4) is 5.75 Å². The molecule has 14 heteroatoms. The van der Waals surface area contributed by atoms with Crippen molar-refractivity contribution in [1.29, 1.82) is 0 Å². The highest BCUT2D eigenvalue weighted by Gasteiger charge is 2.68. The number of aliphatic hydroxyl groups excluding tert-OH is 3. The summed E-state index contributed by atoms with van der Waals surface area (Å²) in [4.78, 5) is 56.2. The maximum atomic E-state index is 14.1. The zero-order valence-corrected chi connectivity index (χ0v) is 25.6. The molecule has 10 N–H and O–H groups in total. The van der Waals surface area contributed by atoms with E-state index < -0.39 is 93.3 Å². The molecule has 1 aliphatic heterocycles. The fourth-order valence-corrected chi connectivity index (χ4v) is 7.70. The summed E-state index contributed by atoms with van der Waals surface area (Å²) < 4.78 is 0. The van der Waals surface area contributed by atoms with Crippen molar-refractivity contribution in [2.75, 3.05) is 39.0 Å². The summed E-state index contributed by atoms with van der Waals surface area (Å²) in [5.74, 6) is -9.78. The number of fused-ring (bicyclic) bond motifs is 3. The third-order valence-electron chi connectivity index (χ3n) is 10.3. The Morgan fingerprint density at radius 1 is 1.16 bits per heavy atom. The van der Waals surface area contributed by atoms with Crippen LogP contribution < -0.4 is 16.8 Å². The van der Waals surface area contributed by atoms with E-state index in [2.05, 4.69) is 5.32 Å². The van der Waals surface area contributed by atoms with Crippen LogP contribution in [-0.2, 0) is 19.2 Å². The number of hydrogen-bond acceptors (Lipinski definition) is 12. The maximum Gasteiger partial charge on any atom is 0.255 e. The fraction of sp³-hybridized carbons (Fsp3) is 0.548. The Balaban J connectivity index is 1.57. The summed E-state index contributed by atoms with van der Waals surface area (Å²) in [6.45, 7) is 5.35. The van der Waals surface area contributed by atoms with E-state index in [1.807, 2.05) is 4.90 Å². The first-order valence-corrected chi connectivity index (χ1v) is 15.0. The van der Waals surface area contributed by atoms with Crippen molar-refractivity contribution in [3.63, 3.8) is 0 Å². The summed E-state index contributed by atoms with van der Waals surface area (Å²) in [5.41, 5.74) is 6.76. The van der Waals surface area contributed by atoms with E-state index in [1.165, 1.54) is 25.1 Å². The number of piperidine rings is 1. The molecule has 5 rings (SSSR count). The lowest BCUT2D eigenvalue weighted by Crippen LogP contribution is -2.70. The molecule has 1 heterocycles. The van der Waals surface area contributed by atoms with Gasteiger partial charge in [0.05, 0.1) is 35.4 Å². The number of carbonyl (C=O) groups is 4. The largest absolute Gasteiger partial charge is 0.508 e. The number of aromatic hydroxyl groups is 1. The number of rotatable bonds is 6. The number of carbonyl (C=O) groups excluding carboxylic acids is 4. The Bertz CT molecular complexity index is 1530. The average molecular weight is 628 g/mol. The number of nitrogens with zero attached hydrogens (tertiary/aromatic N) is 2. The number of phenolic OH excluding ortho intramolecular Hbond substituents is 1. The van der Waals surface area contributed by atoms with Crippen molar-refractivity contribution in [3.05, 3.63) is 40.2 Å². The van der Waals surface area contributed by atoms with Crippen LogP contribution in [0.15, 0.2) is 29.0 Å². The summed E-state index contributed by atoms with van der Waals surface area (Å²) >= 11 is 0. The number of hydrogen-bond donors (Lipinski definition) is 8. The molecule has 1 saturated carbocycles. The number of phenols is 1. The van der Waals surface area contributed by atoms with Gasteiger partial charge in [-0.3, -0.25) is 29.0 Å². The molecule has 2 fully saturated rings. The minimum absolute atomic E-state index is 0.0321. The molecule has 0 radical (unpaired) electrons. The van der Waals surface area contributed by atoms with Crippen LogP contribution in [0.2, 0.25) is 0 Å². The van der Waals surface area contributed by atoms with Gasteiger partial charge in [-0.2, -0.15) is 0 Å². The van der Waals surface area contributed by atoms with Crippen molar-refractivity contribution in [2.24, 2.45) is 29.2 Å². The monoisotopic (exact) mass is 627 g/mol. The van der Waals surface area contributed by atoms with Crippen LogP contribution >= 0.6 is 0 Å². The highest BCUT2D eigenvalue weighted by Crippen LogP contribution is 2.56. The van der Waals surface area contributed by atoms with Crippen LogP contribution in [0.5, 0.6) is 5.75 Å². The quantitative estimate of drug-likeness (QED) is 0.147. The minimum atomic E-state index is -3.00. The molecule has 14 nitrogen and oxygen atoms in total. The molecule has 45 heavy (non-hydrogen) atoms. The third kappa shape index (κ3) is 4.74. The Hall–Kier alpha value is -3.82. The molecule has 0 bridgehead atoms. The first-order chi connectivity index (χ1) is 21.1. The second-order valence-corrected chi connectivity index (χ2v) is 12.9. The molecular weight excluding hydrogens is 586 g/mol. The van der Waals surface area contributed by atoms with Crippen LogP contribution in [0.1, 0.15) is 43.7 Å². The van der Waals surface area contributed by atoms with Crippen LogP contribution in [0.4, 0.5) is 5.69 Å². The highest BCUT2D eigenvalue weighted by atomic mass is 16.4. The number of benzene rings is 1. The van der Waals surface area contributed by atoms with E-state index in [0.29, 0.717) is 31.1 Å². The molecule has 0 aromatic heterocycles. The standard InChI is InChI=1S/C31H41N5O9/c1-12-15-5-6-16(34-30(44)13(2)36-9-7-14(11-32)8-10-36)23(37)18(15)24(38)19-17(12)25(39)21-22(35(3)4)26(40)20(29(33)43)28(42)31(21,45)27(19)41/h5-6,12-14,17,21-22,25,37-39,42,45H,7-11,32H2,1-4H3,(H2,33,43)(H,34,44)/t12?,13?,17?,21?,22-,25?,31-/m0/s1. The predicted molar refractivity (Wildman–Crippen MR) is 162 cm³/mol. The number of amides is 2. The molecule has 1 aromatic carbocycles. The highest BCUT2D eigenvalue weighted by molar-refractivity contribution is 6.24. The molecule has 1 aromatic rings. The Morgan fingerprint density at radius 3 is 2.33 bits per heavy atom. The normalized spacial score (nSPS) is 31.4. The lowest BCUT2D eigenvalue weighted by atomic mass is 9.54. The molecule has 244 valence electrons. The van der Waals surface area contributed by atoms with E-state index in [1.54, 1.807) is 19.9 Å². The maximum absolute atomic E-state index is 14.1. The van der Waals surface area contributed by atoms with E-state index >= 15 is 0 Å². The number of Topliss-reactive ketones (excluding diaryl/α,β-unsaturated/α-hetero) is 2. The van der Waals surface area contributed by atoms with Gasteiger partial charge in [0.25, 0.3) is 5.91 Å². The smallest absolute Gasteiger partial charge is 0.255 e. The van der Waals surface area contributed by atoms with E-state index in [4.69, 9.17) is 11.5 Å². The molecule has 2 amide bonds. The second-order valence-electron chi connectivity index (χ2n) is 12.9. The Kier molecular flexibility index (Phi) is 8.34. The number of anilines is 1. The molecule has 7 atom stereocenters.